The Morgan fingerprint density at radius 3 is 2.56 bits per heavy atom. The normalized spacial score (nSPS) is 24.1. The van der Waals surface area contributed by atoms with Crippen molar-refractivity contribution in [2.24, 2.45) is 17.8 Å². The lowest BCUT2D eigenvalue weighted by Gasteiger charge is -2.36. The van der Waals surface area contributed by atoms with Gasteiger partial charge < -0.3 is 20.4 Å². The molecule has 0 radical (unpaired) electrons. The molecule has 0 bridgehead atoms. The molecule has 1 aliphatic carbocycles. The maximum Gasteiger partial charge on any atom is 0.233 e. The van der Waals surface area contributed by atoms with E-state index < -0.39 is 42.0 Å². The number of imide groups is 1. The maximum atomic E-state index is 13.7. The minimum absolute atomic E-state index is 0.193. The number of hydrogen-bond acceptors (Lipinski definition) is 6. The van der Waals surface area contributed by atoms with Crippen LogP contribution < -0.4 is 0 Å². The van der Waals surface area contributed by atoms with E-state index in [4.69, 9.17) is 0 Å². The molecule has 2 amide bonds. The van der Waals surface area contributed by atoms with Gasteiger partial charge in [0.05, 0.1) is 31.2 Å². The Morgan fingerprint density at radius 1 is 1.24 bits per heavy atom. The van der Waals surface area contributed by atoms with Crippen LogP contribution in [0.25, 0.3) is 6.08 Å². The lowest BCUT2D eigenvalue weighted by molar-refractivity contribution is -0.140. The van der Waals surface area contributed by atoms with E-state index in [1.165, 1.54) is 17.0 Å². The first kappa shape index (κ1) is 26.1. The Labute approximate surface area is 199 Å². The van der Waals surface area contributed by atoms with Crippen molar-refractivity contribution in [3.8, 4) is 5.75 Å². The first-order valence-corrected chi connectivity index (χ1v) is 11.9. The van der Waals surface area contributed by atoms with Crippen LogP contribution in [0, 0.1) is 23.6 Å². The summed E-state index contributed by atoms with van der Waals surface area (Å²) in [6, 6.07) is 4.13. The summed E-state index contributed by atoms with van der Waals surface area (Å²) in [6.45, 7) is 3.38. The third-order valence-electron chi connectivity index (χ3n) is 7.00. The Balaban J connectivity index is 1.82. The Morgan fingerprint density at radius 2 is 1.97 bits per heavy atom. The number of nitrogens with zero attached hydrogens (tertiary/aromatic N) is 1. The second kappa shape index (κ2) is 11.3. The molecule has 0 spiro atoms. The molecular formula is C26H34FNO6. The van der Waals surface area contributed by atoms with E-state index in [0.717, 1.165) is 5.57 Å². The Bertz CT molecular complexity index is 988. The molecule has 34 heavy (non-hydrogen) atoms. The number of fused-ring (bicyclic) bond motifs is 1. The van der Waals surface area contributed by atoms with Gasteiger partial charge in [0, 0.05) is 12.5 Å². The Hall–Kier alpha value is -2.55. The minimum Gasteiger partial charge on any atom is -0.505 e. The molecule has 0 aromatic heterocycles. The first-order chi connectivity index (χ1) is 16.3. The van der Waals surface area contributed by atoms with Crippen molar-refractivity contribution < 1.29 is 34.4 Å². The highest BCUT2D eigenvalue weighted by Gasteiger charge is 2.54. The number of amides is 2. The van der Waals surface area contributed by atoms with Crippen LogP contribution in [0.15, 0.2) is 34.9 Å². The molecule has 4 N–H and O–H groups in total. The zero-order chi connectivity index (χ0) is 25.0. The number of halogens is 1. The second-order valence-corrected chi connectivity index (χ2v) is 9.09. The van der Waals surface area contributed by atoms with Crippen LogP contribution in [0.4, 0.5) is 4.39 Å². The molecule has 7 nitrogen and oxygen atoms in total. The predicted molar refractivity (Wildman–Crippen MR) is 125 cm³/mol. The molecular weight excluding hydrogens is 441 g/mol. The molecule has 1 aliphatic heterocycles. The first-order valence-electron chi connectivity index (χ1n) is 11.9. The second-order valence-electron chi connectivity index (χ2n) is 9.09. The van der Waals surface area contributed by atoms with Crippen molar-refractivity contribution in [3.05, 3.63) is 46.3 Å². The van der Waals surface area contributed by atoms with Gasteiger partial charge in [0.1, 0.15) is 0 Å². The van der Waals surface area contributed by atoms with Crippen molar-refractivity contribution in [3.63, 3.8) is 0 Å². The van der Waals surface area contributed by atoms with Gasteiger partial charge in [0.15, 0.2) is 11.6 Å². The molecule has 2 aliphatic rings. The number of aliphatic hydroxyl groups is 3. The van der Waals surface area contributed by atoms with Gasteiger partial charge in [0.25, 0.3) is 0 Å². The summed E-state index contributed by atoms with van der Waals surface area (Å²) in [5.41, 5.74) is 2.51. The number of allylic oxidation sites excluding steroid dienone is 1. The summed E-state index contributed by atoms with van der Waals surface area (Å²) < 4.78 is 13.7. The highest BCUT2D eigenvalue weighted by molar-refractivity contribution is 6.05. The van der Waals surface area contributed by atoms with Crippen LogP contribution in [0.2, 0.25) is 0 Å². The average Bonchev–Trinajstić information content (AvgIpc) is 3.07. The number of hydrogen-bond donors (Lipinski definition) is 4. The van der Waals surface area contributed by atoms with Gasteiger partial charge in [-0.2, -0.15) is 0 Å². The Kier molecular flexibility index (Phi) is 8.62. The van der Waals surface area contributed by atoms with Crippen molar-refractivity contribution in [1.82, 2.24) is 4.90 Å². The van der Waals surface area contributed by atoms with Gasteiger partial charge in [-0.15, -0.1) is 0 Å². The fourth-order valence-corrected chi connectivity index (χ4v) is 5.29. The van der Waals surface area contributed by atoms with Gasteiger partial charge in [0.2, 0.25) is 11.8 Å². The molecule has 0 unspecified atom stereocenters. The molecule has 8 heteroatoms. The number of rotatable bonds is 10. The summed E-state index contributed by atoms with van der Waals surface area (Å²) in [7, 11) is 0. The summed E-state index contributed by atoms with van der Waals surface area (Å²) in [4.78, 5) is 27.1. The topological polar surface area (TPSA) is 118 Å². The maximum absolute atomic E-state index is 13.7. The molecule has 0 saturated carbocycles. The fraction of sp³-hybridized carbons (Fsp3) is 0.538. The fourth-order valence-electron chi connectivity index (χ4n) is 5.29. The highest BCUT2D eigenvalue weighted by Crippen LogP contribution is 2.46. The van der Waals surface area contributed by atoms with Crippen LogP contribution in [0.5, 0.6) is 5.75 Å². The number of phenolic OH excluding ortho intramolecular Hbond substituents is 1. The summed E-state index contributed by atoms with van der Waals surface area (Å²) in [5.74, 6) is -3.80. The van der Waals surface area contributed by atoms with Crippen LogP contribution in [-0.4, -0.2) is 63.0 Å². The largest absolute Gasteiger partial charge is 0.505 e. The van der Waals surface area contributed by atoms with Gasteiger partial charge >= 0.3 is 0 Å². The van der Waals surface area contributed by atoms with Crippen molar-refractivity contribution >= 4 is 17.9 Å². The molecule has 1 heterocycles. The SMILES string of the molecule is CCCN1C(=O)[C@@H]2[C@@H](CC(CO)=C([C@H](O)CC/C(=C/c3ccc(O)c(F)c3)CC)[C@@H]2CO)C1=O. The van der Waals surface area contributed by atoms with Crippen LogP contribution >= 0.6 is 0 Å². The van der Waals surface area contributed by atoms with Gasteiger partial charge in [-0.05, 0) is 60.9 Å². The van der Waals surface area contributed by atoms with Crippen LogP contribution in [0.3, 0.4) is 0 Å². The molecule has 4 atom stereocenters. The van der Waals surface area contributed by atoms with E-state index in [-0.39, 0.29) is 31.3 Å². The van der Waals surface area contributed by atoms with Crippen LogP contribution in [0.1, 0.15) is 51.5 Å². The zero-order valence-corrected chi connectivity index (χ0v) is 19.7. The molecule has 3 rings (SSSR count). The van der Waals surface area contributed by atoms with E-state index in [9.17, 15) is 34.4 Å². The summed E-state index contributed by atoms with van der Waals surface area (Å²) in [6.07, 6.45) is 3.05. The predicted octanol–water partition coefficient (Wildman–Crippen LogP) is 2.78. The number of benzene rings is 1. The molecule has 1 aromatic carbocycles. The van der Waals surface area contributed by atoms with Gasteiger partial charge in [-0.1, -0.05) is 31.6 Å². The zero-order valence-electron chi connectivity index (χ0n) is 19.7. The van der Waals surface area contributed by atoms with E-state index in [1.807, 2.05) is 13.8 Å². The van der Waals surface area contributed by atoms with Gasteiger partial charge in [-0.3, -0.25) is 14.5 Å². The summed E-state index contributed by atoms with van der Waals surface area (Å²) in [5, 5.41) is 40.7. The third kappa shape index (κ3) is 5.09. The average molecular weight is 476 g/mol. The minimum atomic E-state index is -1.00. The number of aromatic hydroxyl groups is 1. The van der Waals surface area contributed by atoms with Crippen molar-refractivity contribution in [1.29, 1.82) is 0 Å². The monoisotopic (exact) mass is 475 g/mol. The van der Waals surface area contributed by atoms with Crippen molar-refractivity contribution in [2.45, 2.75) is 52.1 Å². The quantitative estimate of drug-likeness (QED) is 0.305. The number of carbonyl (C=O) groups excluding carboxylic acids is 2. The summed E-state index contributed by atoms with van der Waals surface area (Å²) >= 11 is 0. The highest BCUT2D eigenvalue weighted by atomic mass is 19.1. The number of likely N-dealkylation sites (tertiary alicyclic amines) is 1. The lowest BCUT2D eigenvalue weighted by Crippen LogP contribution is -2.39. The standard InChI is InChI=1S/C26H34FNO6/c1-3-9-28-25(33)18-12-17(13-29)23(19(14-30)24(18)26(28)34)22(32)8-5-15(4-2)10-16-6-7-21(31)20(27)11-16/h6-7,10-11,18-19,22,24,29-32H,3-5,8-9,12-14H2,1-2H3/b15-10+/t18-,19+,22-,24-/m1/s1. The van der Waals surface area contributed by atoms with E-state index in [1.54, 1.807) is 12.1 Å². The van der Waals surface area contributed by atoms with Crippen molar-refractivity contribution in [2.75, 3.05) is 19.8 Å². The molecule has 1 aromatic rings. The molecule has 186 valence electrons. The number of aliphatic hydroxyl groups excluding tert-OH is 3. The smallest absolute Gasteiger partial charge is 0.233 e. The van der Waals surface area contributed by atoms with Gasteiger partial charge in [-0.25, -0.2) is 4.39 Å². The third-order valence-corrected chi connectivity index (χ3v) is 7.00. The molecule has 1 fully saturated rings. The molecule has 1 saturated heterocycles. The van der Waals surface area contributed by atoms with E-state index in [0.29, 0.717) is 42.5 Å². The number of carbonyl (C=O) groups is 2. The van der Waals surface area contributed by atoms with E-state index in [2.05, 4.69) is 0 Å². The lowest BCUT2D eigenvalue weighted by atomic mass is 9.68. The number of phenols is 1. The van der Waals surface area contributed by atoms with Crippen LogP contribution in [-0.2, 0) is 9.59 Å². The van der Waals surface area contributed by atoms with E-state index >= 15 is 0 Å².